The molecular weight excluding hydrogens is 538 g/mol. The summed E-state index contributed by atoms with van der Waals surface area (Å²) < 4.78 is 38.3. The van der Waals surface area contributed by atoms with Gasteiger partial charge in [0, 0.05) is 37.1 Å². The van der Waals surface area contributed by atoms with Crippen LogP contribution in [0.25, 0.3) is 0 Å². The van der Waals surface area contributed by atoms with Gasteiger partial charge in [0.2, 0.25) is 21.8 Å². The molecule has 1 N–H and O–H groups in total. The normalized spacial score (nSPS) is 13.6. The molecule has 0 saturated carbocycles. The number of hydrogen-bond donors (Lipinski definition) is 1. The summed E-state index contributed by atoms with van der Waals surface area (Å²) in [5.41, 5.74) is 1.31. The number of hydrogen-bond acceptors (Lipinski definition) is 6. The number of nitrogens with one attached hydrogen (secondary N) is 1. The van der Waals surface area contributed by atoms with Crippen LogP contribution in [0, 0.1) is 0 Å². The number of rotatable bonds is 10. The van der Waals surface area contributed by atoms with E-state index in [1.807, 2.05) is 24.3 Å². The highest BCUT2D eigenvalue weighted by molar-refractivity contribution is 9.10. The Balaban J connectivity index is 1.72. The molecule has 1 aliphatic heterocycles. The molecule has 1 aliphatic rings. The van der Waals surface area contributed by atoms with Gasteiger partial charge in [0.05, 0.1) is 11.9 Å². The Morgan fingerprint density at radius 3 is 2.49 bits per heavy atom. The van der Waals surface area contributed by atoms with Crippen molar-refractivity contribution < 1.29 is 27.5 Å². The Kier molecular flexibility index (Phi) is 9.01. The minimum atomic E-state index is -3.61. The summed E-state index contributed by atoms with van der Waals surface area (Å²) in [5, 5.41) is 2.59. The zero-order chi connectivity index (χ0) is 25.6. The average molecular weight is 568 g/mol. The predicted molar refractivity (Wildman–Crippen MR) is 137 cm³/mol. The van der Waals surface area contributed by atoms with E-state index in [4.69, 9.17) is 9.47 Å². The van der Waals surface area contributed by atoms with Crippen LogP contribution in [-0.4, -0.2) is 64.2 Å². The number of sulfonamides is 1. The van der Waals surface area contributed by atoms with Gasteiger partial charge in [-0.2, -0.15) is 0 Å². The summed E-state index contributed by atoms with van der Waals surface area (Å²) in [4.78, 5) is 27.0. The van der Waals surface area contributed by atoms with Crippen LogP contribution in [0.1, 0.15) is 25.3 Å². The van der Waals surface area contributed by atoms with Gasteiger partial charge in [-0.3, -0.25) is 13.9 Å². The molecule has 1 heterocycles. The van der Waals surface area contributed by atoms with E-state index in [2.05, 4.69) is 21.2 Å². The van der Waals surface area contributed by atoms with Crippen LogP contribution in [0.4, 0.5) is 5.69 Å². The topological polar surface area (TPSA) is 105 Å². The van der Waals surface area contributed by atoms with Gasteiger partial charge in [-0.25, -0.2) is 8.42 Å². The summed E-state index contributed by atoms with van der Waals surface area (Å²) in [7, 11) is -2.08. The molecule has 0 bridgehead atoms. The molecule has 3 rings (SSSR count). The fourth-order valence-electron chi connectivity index (χ4n) is 3.81. The molecule has 0 radical (unpaired) electrons. The van der Waals surface area contributed by atoms with Gasteiger partial charge < -0.3 is 19.7 Å². The third-order valence-corrected chi connectivity index (χ3v) is 7.31. The third-order valence-electron chi connectivity index (χ3n) is 5.62. The first-order valence-corrected chi connectivity index (χ1v) is 13.9. The monoisotopic (exact) mass is 567 g/mol. The minimum absolute atomic E-state index is 0.0753. The fraction of sp³-hybridized carbons (Fsp3) is 0.417. The van der Waals surface area contributed by atoms with Crippen molar-refractivity contribution in [2.75, 3.05) is 37.4 Å². The van der Waals surface area contributed by atoms with Crippen molar-refractivity contribution in [2.24, 2.45) is 0 Å². The molecule has 0 aromatic heterocycles. The molecule has 190 valence electrons. The number of fused-ring (bicyclic) bond motifs is 1. The number of nitrogens with zero attached hydrogens (tertiary/aromatic N) is 2. The number of benzene rings is 2. The highest BCUT2D eigenvalue weighted by Crippen LogP contribution is 2.34. The highest BCUT2D eigenvalue weighted by atomic mass is 79.9. The van der Waals surface area contributed by atoms with E-state index in [1.165, 1.54) is 16.3 Å². The summed E-state index contributed by atoms with van der Waals surface area (Å²) >= 11 is 3.43. The van der Waals surface area contributed by atoms with E-state index in [-0.39, 0.29) is 37.7 Å². The maximum atomic E-state index is 13.2. The molecule has 2 amide bonds. The van der Waals surface area contributed by atoms with Gasteiger partial charge in [0.1, 0.15) is 19.3 Å². The van der Waals surface area contributed by atoms with Gasteiger partial charge >= 0.3 is 0 Å². The zero-order valence-corrected chi connectivity index (χ0v) is 22.4. The van der Waals surface area contributed by atoms with Gasteiger partial charge in [0.25, 0.3) is 0 Å². The molecule has 0 spiro atoms. The zero-order valence-electron chi connectivity index (χ0n) is 20.0. The van der Waals surface area contributed by atoms with E-state index >= 15 is 0 Å². The van der Waals surface area contributed by atoms with Crippen molar-refractivity contribution in [1.82, 2.24) is 10.2 Å². The van der Waals surface area contributed by atoms with Crippen molar-refractivity contribution in [1.29, 1.82) is 0 Å². The highest BCUT2D eigenvalue weighted by Gasteiger charge is 2.26. The lowest BCUT2D eigenvalue weighted by Crippen LogP contribution is -2.46. The lowest BCUT2D eigenvalue weighted by Gasteiger charge is -2.29. The number of carbonyl (C=O) groups is 2. The average Bonchev–Trinajstić information content (AvgIpc) is 2.83. The second-order valence-corrected chi connectivity index (χ2v) is 11.0. The standard InChI is InChI=1S/C24H30BrN3O6S/c1-17(24(30)26-2)27(16-18-6-4-7-19(25)14-18)23(29)8-5-11-28(35(3,31)32)20-9-10-21-22(15-20)34-13-12-33-21/h4,6-7,9-10,14-15,17H,5,8,11-13,16H2,1-3H3,(H,26,30)/t17-/m0/s1. The summed E-state index contributed by atoms with van der Waals surface area (Å²) in [5.74, 6) is 0.534. The Bertz CT molecular complexity index is 1170. The molecule has 0 unspecified atom stereocenters. The van der Waals surface area contributed by atoms with Crippen LogP contribution in [0.15, 0.2) is 46.9 Å². The number of anilines is 1. The maximum absolute atomic E-state index is 13.2. The van der Waals surface area contributed by atoms with Gasteiger partial charge in [0.15, 0.2) is 11.5 Å². The van der Waals surface area contributed by atoms with Crippen LogP contribution < -0.4 is 19.1 Å². The summed E-state index contributed by atoms with van der Waals surface area (Å²) in [6, 6.07) is 11.8. The van der Waals surface area contributed by atoms with Crippen LogP contribution in [0.5, 0.6) is 11.5 Å². The molecule has 9 nitrogen and oxygen atoms in total. The first-order chi connectivity index (χ1) is 16.6. The maximum Gasteiger partial charge on any atom is 0.242 e. The number of ether oxygens (including phenoxy) is 2. The van der Waals surface area contributed by atoms with Crippen molar-refractivity contribution in [2.45, 2.75) is 32.4 Å². The van der Waals surface area contributed by atoms with Gasteiger partial charge in [-0.15, -0.1) is 0 Å². The van der Waals surface area contributed by atoms with E-state index in [0.717, 1.165) is 16.3 Å². The first-order valence-electron chi connectivity index (χ1n) is 11.2. The van der Waals surface area contributed by atoms with Crippen LogP contribution in [-0.2, 0) is 26.2 Å². The largest absolute Gasteiger partial charge is 0.486 e. The molecule has 11 heteroatoms. The molecule has 2 aromatic rings. The summed E-state index contributed by atoms with van der Waals surface area (Å²) in [6.07, 6.45) is 1.47. The molecule has 35 heavy (non-hydrogen) atoms. The number of carbonyl (C=O) groups excluding carboxylic acids is 2. The number of halogens is 1. The Morgan fingerprint density at radius 1 is 1.11 bits per heavy atom. The van der Waals surface area contributed by atoms with Crippen LogP contribution in [0.3, 0.4) is 0 Å². The van der Waals surface area contributed by atoms with Gasteiger partial charge in [-0.1, -0.05) is 28.1 Å². The SMILES string of the molecule is CNC(=O)[C@H](C)N(Cc1cccc(Br)c1)C(=O)CCCN(c1ccc2c(c1)OCCO2)S(C)(=O)=O. The lowest BCUT2D eigenvalue weighted by molar-refractivity contribution is -0.140. The summed E-state index contributed by atoms with van der Waals surface area (Å²) in [6.45, 7) is 2.86. The van der Waals surface area contributed by atoms with Crippen LogP contribution >= 0.6 is 15.9 Å². The molecule has 0 aliphatic carbocycles. The second-order valence-electron chi connectivity index (χ2n) is 8.21. The third kappa shape index (κ3) is 7.11. The molecule has 2 aromatic carbocycles. The predicted octanol–water partition coefficient (Wildman–Crippen LogP) is 2.93. The quantitative estimate of drug-likeness (QED) is 0.473. The molecular formula is C24H30BrN3O6S. The Hall–Kier alpha value is -2.79. The van der Waals surface area contributed by atoms with E-state index < -0.39 is 16.1 Å². The number of amides is 2. The molecule has 1 atom stereocenters. The van der Waals surface area contributed by atoms with Crippen molar-refractivity contribution in [3.8, 4) is 11.5 Å². The minimum Gasteiger partial charge on any atom is -0.486 e. The Labute approximate surface area is 214 Å². The van der Waals surface area contributed by atoms with E-state index in [1.54, 1.807) is 25.1 Å². The van der Waals surface area contributed by atoms with Crippen molar-refractivity contribution in [3.05, 3.63) is 52.5 Å². The fourth-order valence-corrected chi connectivity index (χ4v) is 5.22. The van der Waals surface area contributed by atoms with Crippen molar-refractivity contribution >= 4 is 43.5 Å². The van der Waals surface area contributed by atoms with Crippen LogP contribution in [0.2, 0.25) is 0 Å². The molecule has 0 saturated heterocycles. The van der Waals surface area contributed by atoms with Gasteiger partial charge in [-0.05, 0) is 43.2 Å². The van der Waals surface area contributed by atoms with Crippen molar-refractivity contribution in [3.63, 3.8) is 0 Å². The number of likely N-dealkylation sites (N-methyl/N-ethyl adjacent to an activating group) is 1. The molecule has 0 fully saturated rings. The Morgan fingerprint density at radius 2 is 1.83 bits per heavy atom. The van der Waals surface area contributed by atoms with E-state index in [9.17, 15) is 18.0 Å². The second kappa shape index (κ2) is 11.8. The van der Waals surface area contributed by atoms with E-state index in [0.29, 0.717) is 30.4 Å². The lowest BCUT2D eigenvalue weighted by atomic mass is 10.1. The smallest absolute Gasteiger partial charge is 0.242 e. The first kappa shape index (κ1) is 26.8.